The van der Waals surface area contributed by atoms with Crippen LogP contribution in [0.3, 0.4) is 0 Å². The third-order valence-corrected chi connectivity index (χ3v) is 2.42. The molecule has 78 valence electrons. The summed E-state index contributed by atoms with van der Waals surface area (Å²) in [4.78, 5) is 14.1. The van der Waals surface area contributed by atoms with Gasteiger partial charge in [0.15, 0.2) is 0 Å². The second-order valence-corrected chi connectivity index (χ2v) is 3.36. The van der Waals surface area contributed by atoms with Crippen LogP contribution >= 0.6 is 0 Å². The van der Waals surface area contributed by atoms with Gasteiger partial charge in [0, 0.05) is 11.5 Å². The molecule has 0 unspecified atom stereocenters. The first-order valence-electron chi connectivity index (χ1n) is 4.70. The van der Waals surface area contributed by atoms with Gasteiger partial charge in [0.05, 0.1) is 11.1 Å². The molecule has 0 saturated heterocycles. The molecular weight excluding hydrogens is 194 g/mol. The standard InChI is InChI=1S/C11H11NO3/c1-2-7-10(14)8-4-3-6(13)5-9(8)12-11(7)15/h3-5,13H,2H2,1H3,(H2,12,14,15). The van der Waals surface area contributed by atoms with E-state index in [0.717, 1.165) is 0 Å². The minimum absolute atomic E-state index is 0.00347. The van der Waals surface area contributed by atoms with E-state index in [0.29, 0.717) is 22.9 Å². The van der Waals surface area contributed by atoms with Crippen LogP contribution < -0.4 is 5.56 Å². The van der Waals surface area contributed by atoms with E-state index in [9.17, 15) is 15.0 Å². The maximum Gasteiger partial charge on any atom is 0.255 e. The van der Waals surface area contributed by atoms with E-state index in [4.69, 9.17) is 0 Å². The van der Waals surface area contributed by atoms with Gasteiger partial charge in [0.1, 0.15) is 11.5 Å². The molecule has 1 aromatic heterocycles. The Morgan fingerprint density at radius 2 is 2.07 bits per heavy atom. The van der Waals surface area contributed by atoms with Gasteiger partial charge in [-0.25, -0.2) is 0 Å². The fourth-order valence-corrected chi connectivity index (χ4v) is 1.64. The predicted octanol–water partition coefficient (Wildman–Crippen LogP) is 1.50. The molecule has 0 aliphatic carbocycles. The Kier molecular flexibility index (Phi) is 2.11. The highest BCUT2D eigenvalue weighted by Gasteiger charge is 2.09. The van der Waals surface area contributed by atoms with Crippen molar-refractivity contribution in [1.82, 2.24) is 4.98 Å². The van der Waals surface area contributed by atoms with Crippen molar-refractivity contribution >= 4 is 10.9 Å². The largest absolute Gasteiger partial charge is 0.508 e. The first-order chi connectivity index (χ1) is 7.13. The van der Waals surface area contributed by atoms with Gasteiger partial charge in [0.25, 0.3) is 5.56 Å². The van der Waals surface area contributed by atoms with Gasteiger partial charge in [-0.15, -0.1) is 0 Å². The van der Waals surface area contributed by atoms with Gasteiger partial charge in [-0.05, 0) is 18.6 Å². The molecule has 0 aliphatic rings. The molecule has 0 spiro atoms. The van der Waals surface area contributed by atoms with Crippen LogP contribution in [0.25, 0.3) is 10.9 Å². The van der Waals surface area contributed by atoms with E-state index < -0.39 is 0 Å². The minimum Gasteiger partial charge on any atom is -0.508 e. The molecule has 2 aromatic rings. The van der Waals surface area contributed by atoms with Crippen LogP contribution in [0.15, 0.2) is 23.0 Å². The zero-order valence-corrected chi connectivity index (χ0v) is 8.24. The Hall–Kier alpha value is -1.97. The van der Waals surface area contributed by atoms with Crippen molar-refractivity contribution in [3.8, 4) is 11.5 Å². The fraction of sp³-hybridized carbons (Fsp3) is 0.182. The number of benzene rings is 1. The number of hydrogen-bond acceptors (Lipinski definition) is 3. The molecule has 2 rings (SSSR count). The summed E-state index contributed by atoms with van der Waals surface area (Å²) in [7, 11) is 0. The second-order valence-electron chi connectivity index (χ2n) is 3.36. The predicted molar refractivity (Wildman–Crippen MR) is 57.3 cm³/mol. The Morgan fingerprint density at radius 1 is 1.33 bits per heavy atom. The molecule has 1 heterocycles. The molecule has 15 heavy (non-hydrogen) atoms. The summed E-state index contributed by atoms with van der Waals surface area (Å²) >= 11 is 0. The number of phenols is 1. The van der Waals surface area contributed by atoms with E-state index >= 15 is 0 Å². The molecule has 0 saturated carbocycles. The van der Waals surface area contributed by atoms with E-state index in [2.05, 4.69) is 4.98 Å². The average Bonchev–Trinajstić information content (AvgIpc) is 2.17. The summed E-state index contributed by atoms with van der Waals surface area (Å²) in [5.41, 5.74) is 0.496. The second kappa shape index (κ2) is 3.31. The Labute approximate surface area is 85.8 Å². The summed E-state index contributed by atoms with van der Waals surface area (Å²) in [5, 5.41) is 19.6. The third-order valence-electron chi connectivity index (χ3n) is 2.42. The number of nitrogens with one attached hydrogen (secondary N) is 1. The van der Waals surface area contributed by atoms with Crippen LogP contribution in [-0.4, -0.2) is 15.2 Å². The van der Waals surface area contributed by atoms with E-state index in [-0.39, 0.29) is 17.1 Å². The molecule has 0 fully saturated rings. The first-order valence-corrected chi connectivity index (χ1v) is 4.70. The van der Waals surface area contributed by atoms with Gasteiger partial charge in [-0.3, -0.25) is 4.79 Å². The molecule has 0 amide bonds. The highest BCUT2D eigenvalue weighted by atomic mass is 16.3. The lowest BCUT2D eigenvalue weighted by Gasteiger charge is -2.05. The van der Waals surface area contributed by atoms with Gasteiger partial charge >= 0.3 is 0 Å². The fourth-order valence-electron chi connectivity index (χ4n) is 1.64. The minimum atomic E-state index is -0.312. The van der Waals surface area contributed by atoms with Crippen molar-refractivity contribution in [2.45, 2.75) is 13.3 Å². The number of aromatic nitrogens is 1. The van der Waals surface area contributed by atoms with Gasteiger partial charge in [-0.1, -0.05) is 6.92 Å². The smallest absolute Gasteiger partial charge is 0.255 e. The SMILES string of the molecule is CCc1c(O)c2ccc(O)cc2[nH]c1=O. The third kappa shape index (κ3) is 1.44. The average molecular weight is 205 g/mol. The van der Waals surface area contributed by atoms with Crippen LogP contribution in [0.1, 0.15) is 12.5 Å². The molecule has 4 nitrogen and oxygen atoms in total. The highest BCUT2D eigenvalue weighted by molar-refractivity contribution is 5.86. The summed E-state index contributed by atoms with van der Waals surface area (Å²) < 4.78 is 0. The van der Waals surface area contributed by atoms with Gasteiger partial charge in [0.2, 0.25) is 0 Å². The Morgan fingerprint density at radius 3 is 2.73 bits per heavy atom. The van der Waals surface area contributed by atoms with Crippen molar-refractivity contribution in [3.63, 3.8) is 0 Å². The van der Waals surface area contributed by atoms with Crippen molar-refractivity contribution in [1.29, 1.82) is 0 Å². The van der Waals surface area contributed by atoms with Crippen molar-refractivity contribution in [2.24, 2.45) is 0 Å². The topological polar surface area (TPSA) is 73.3 Å². The summed E-state index contributed by atoms with van der Waals surface area (Å²) in [5.74, 6) is 0.0537. The number of H-pyrrole nitrogens is 1. The number of phenolic OH excluding ortho intramolecular Hbond substituents is 1. The molecule has 1 aromatic carbocycles. The normalized spacial score (nSPS) is 10.7. The van der Waals surface area contributed by atoms with Crippen molar-refractivity contribution in [3.05, 3.63) is 34.1 Å². The van der Waals surface area contributed by atoms with Crippen molar-refractivity contribution in [2.75, 3.05) is 0 Å². The van der Waals surface area contributed by atoms with Crippen LogP contribution in [0, 0.1) is 0 Å². The zero-order valence-electron chi connectivity index (χ0n) is 8.24. The summed E-state index contributed by atoms with van der Waals surface area (Å²) in [6.07, 6.45) is 0.470. The maximum absolute atomic E-state index is 11.5. The molecule has 0 atom stereocenters. The molecule has 0 radical (unpaired) electrons. The maximum atomic E-state index is 11.5. The van der Waals surface area contributed by atoms with E-state index in [1.165, 1.54) is 12.1 Å². The number of aromatic amines is 1. The summed E-state index contributed by atoms with van der Waals surface area (Å²) in [6.45, 7) is 1.80. The number of aromatic hydroxyl groups is 2. The van der Waals surface area contributed by atoms with E-state index in [1.54, 1.807) is 13.0 Å². The lowest BCUT2D eigenvalue weighted by molar-refractivity contribution is 0.471. The molecule has 0 aliphatic heterocycles. The molecule has 0 bridgehead atoms. The molecular formula is C11H11NO3. The number of pyridine rings is 1. The first kappa shape index (κ1) is 9.58. The Bertz CT molecular complexity index is 572. The van der Waals surface area contributed by atoms with Crippen LogP contribution in [0.2, 0.25) is 0 Å². The molecule has 4 heteroatoms. The number of rotatable bonds is 1. The monoisotopic (exact) mass is 205 g/mol. The van der Waals surface area contributed by atoms with E-state index in [1.807, 2.05) is 0 Å². The zero-order chi connectivity index (χ0) is 11.0. The van der Waals surface area contributed by atoms with Gasteiger partial charge < -0.3 is 15.2 Å². The number of fused-ring (bicyclic) bond motifs is 1. The quantitative estimate of drug-likeness (QED) is 0.660. The molecule has 3 N–H and O–H groups in total. The Balaban J connectivity index is 2.91. The lowest BCUT2D eigenvalue weighted by Crippen LogP contribution is -2.11. The van der Waals surface area contributed by atoms with Crippen LogP contribution in [0.4, 0.5) is 0 Å². The van der Waals surface area contributed by atoms with Crippen molar-refractivity contribution < 1.29 is 10.2 Å². The van der Waals surface area contributed by atoms with Crippen LogP contribution in [-0.2, 0) is 6.42 Å². The highest BCUT2D eigenvalue weighted by Crippen LogP contribution is 2.27. The van der Waals surface area contributed by atoms with Crippen LogP contribution in [0.5, 0.6) is 11.5 Å². The number of hydrogen-bond donors (Lipinski definition) is 3. The van der Waals surface area contributed by atoms with Gasteiger partial charge in [-0.2, -0.15) is 0 Å². The summed E-state index contributed by atoms with van der Waals surface area (Å²) in [6, 6.07) is 4.46. The lowest BCUT2D eigenvalue weighted by atomic mass is 10.1.